The maximum Gasteiger partial charge on any atom is 0.292 e. The predicted molar refractivity (Wildman–Crippen MR) is 80.8 cm³/mol. The SMILES string of the molecule is Cc1ccc([N+](=O)[O-])c(NC2CCOc3ccccc32)c1. The Balaban J connectivity index is 1.95. The molecule has 5 heteroatoms. The number of hydrogen-bond donors (Lipinski definition) is 1. The van der Waals surface area contributed by atoms with Crippen LogP contribution in [0.5, 0.6) is 5.75 Å². The van der Waals surface area contributed by atoms with Gasteiger partial charge in [0.05, 0.1) is 17.6 Å². The average molecular weight is 284 g/mol. The van der Waals surface area contributed by atoms with E-state index >= 15 is 0 Å². The number of para-hydroxylation sites is 1. The second-order valence-corrected chi connectivity index (χ2v) is 5.15. The van der Waals surface area contributed by atoms with Crippen molar-refractivity contribution in [3.8, 4) is 5.75 Å². The van der Waals surface area contributed by atoms with Crippen LogP contribution in [0.3, 0.4) is 0 Å². The molecule has 0 bridgehead atoms. The number of aryl methyl sites for hydroxylation is 1. The summed E-state index contributed by atoms with van der Waals surface area (Å²) in [7, 11) is 0. The molecule has 2 aromatic rings. The Morgan fingerprint density at radius 3 is 2.90 bits per heavy atom. The molecule has 1 unspecified atom stereocenters. The molecule has 1 N–H and O–H groups in total. The van der Waals surface area contributed by atoms with E-state index in [4.69, 9.17) is 4.74 Å². The van der Waals surface area contributed by atoms with Crippen LogP contribution in [0, 0.1) is 17.0 Å². The Kier molecular flexibility index (Phi) is 3.48. The van der Waals surface area contributed by atoms with Gasteiger partial charge in [-0.2, -0.15) is 0 Å². The van der Waals surface area contributed by atoms with Gasteiger partial charge >= 0.3 is 0 Å². The van der Waals surface area contributed by atoms with Gasteiger partial charge in [0.2, 0.25) is 0 Å². The highest BCUT2D eigenvalue weighted by Crippen LogP contribution is 2.36. The lowest BCUT2D eigenvalue weighted by Crippen LogP contribution is -2.20. The van der Waals surface area contributed by atoms with Gasteiger partial charge in [-0.1, -0.05) is 24.3 Å². The molecule has 0 amide bonds. The van der Waals surface area contributed by atoms with Crippen LogP contribution in [-0.4, -0.2) is 11.5 Å². The number of nitrogens with one attached hydrogen (secondary N) is 1. The molecule has 0 fully saturated rings. The minimum Gasteiger partial charge on any atom is -0.493 e. The second kappa shape index (κ2) is 5.44. The summed E-state index contributed by atoms with van der Waals surface area (Å²) >= 11 is 0. The quantitative estimate of drug-likeness (QED) is 0.687. The first-order chi connectivity index (χ1) is 10.1. The maximum absolute atomic E-state index is 11.2. The minimum absolute atomic E-state index is 0.0236. The van der Waals surface area contributed by atoms with Gasteiger partial charge in [-0.15, -0.1) is 0 Å². The van der Waals surface area contributed by atoms with Crippen LogP contribution in [-0.2, 0) is 0 Å². The van der Waals surface area contributed by atoms with Crippen molar-refractivity contribution in [3.05, 3.63) is 63.7 Å². The lowest BCUT2D eigenvalue weighted by molar-refractivity contribution is -0.384. The highest BCUT2D eigenvalue weighted by atomic mass is 16.6. The summed E-state index contributed by atoms with van der Waals surface area (Å²) in [6.07, 6.45) is 0.780. The summed E-state index contributed by atoms with van der Waals surface area (Å²) < 4.78 is 5.62. The van der Waals surface area contributed by atoms with Crippen molar-refractivity contribution in [1.82, 2.24) is 0 Å². The number of anilines is 1. The summed E-state index contributed by atoms with van der Waals surface area (Å²) in [4.78, 5) is 10.8. The summed E-state index contributed by atoms with van der Waals surface area (Å²) in [5.41, 5.74) is 2.69. The number of fused-ring (bicyclic) bond motifs is 1. The first-order valence-electron chi connectivity index (χ1n) is 6.88. The number of nitro groups is 1. The highest BCUT2D eigenvalue weighted by molar-refractivity contribution is 5.64. The molecule has 1 atom stereocenters. The van der Waals surface area contributed by atoms with E-state index < -0.39 is 0 Å². The monoisotopic (exact) mass is 284 g/mol. The lowest BCUT2D eigenvalue weighted by atomic mass is 10.00. The average Bonchev–Trinajstić information content (AvgIpc) is 2.47. The summed E-state index contributed by atoms with van der Waals surface area (Å²) in [5.74, 6) is 0.844. The van der Waals surface area contributed by atoms with Crippen LogP contribution in [0.4, 0.5) is 11.4 Å². The van der Waals surface area contributed by atoms with E-state index in [0.717, 1.165) is 23.3 Å². The van der Waals surface area contributed by atoms with E-state index in [2.05, 4.69) is 5.32 Å². The summed E-state index contributed by atoms with van der Waals surface area (Å²) in [6.45, 7) is 2.53. The Labute approximate surface area is 122 Å². The number of hydrogen-bond acceptors (Lipinski definition) is 4. The molecule has 2 aromatic carbocycles. The van der Waals surface area contributed by atoms with Crippen LogP contribution in [0.2, 0.25) is 0 Å². The molecule has 1 heterocycles. The Bertz CT molecular complexity index is 685. The third-order valence-electron chi connectivity index (χ3n) is 3.64. The second-order valence-electron chi connectivity index (χ2n) is 5.15. The van der Waals surface area contributed by atoms with Crippen molar-refractivity contribution < 1.29 is 9.66 Å². The topological polar surface area (TPSA) is 64.4 Å². The first kappa shape index (κ1) is 13.4. The molecule has 0 saturated carbocycles. The molecular formula is C16H16N2O3. The van der Waals surface area contributed by atoms with Crippen molar-refractivity contribution in [3.63, 3.8) is 0 Å². The first-order valence-corrected chi connectivity index (χ1v) is 6.88. The fraction of sp³-hybridized carbons (Fsp3) is 0.250. The number of nitrogens with zero attached hydrogens (tertiary/aromatic N) is 1. The molecule has 0 radical (unpaired) electrons. The van der Waals surface area contributed by atoms with E-state index in [1.165, 1.54) is 0 Å². The predicted octanol–water partition coefficient (Wildman–Crippen LogP) is 3.84. The largest absolute Gasteiger partial charge is 0.493 e. The van der Waals surface area contributed by atoms with E-state index in [1.807, 2.05) is 37.3 Å². The molecular weight excluding hydrogens is 268 g/mol. The maximum atomic E-state index is 11.2. The van der Waals surface area contributed by atoms with Gasteiger partial charge in [-0.25, -0.2) is 0 Å². The van der Waals surface area contributed by atoms with Crippen molar-refractivity contribution in [2.24, 2.45) is 0 Å². The van der Waals surface area contributed by atoms with E-state index in [0.29, 0.717) is 12.3 Å². The molecule has 21 heavy (non-hydrogen) atoms. The van der Waals surface area contributed by atoms with Crippen molar-refractivity contribution in [2.75, 3.05) is 11.9 Å². The highest BCUT2D eigenvalue weighted by Gasteiger charge is 2.23. The van der Waals surface area contributed by atoms with Crippen LogP contribution >= 0.6 is 0 Å². The number of rotatable bonds is 3. The Morgan fingerprint density at radius 1 is 1.29 bits per heavy atom. The van der Waals surface area contributed by atoms with Gasteiger partial charge in [0, 0.05) is 18.1 Å². The normalized spacial score (nSPS) is 16.7. The Hall–Kier alpha value is -2.56. The van der Waals surface area contributed by atoms with Crippen LogP contribution < -0.4 is 10.1 Å². The fourth-order valence-corrected chi connectivity index (χ4v) is 2.60. The number of ether oxygens (including phenoxy) is 1. The minimum atomic E-state index is -0.354. The molecule has 108 valence electrons. The number of benzene rings is 2. The van der Waals surface area contributed by atoms with Gasteiger partial charge in [0.15, 0.2) is 0 Å². The summed E-state index contributed by atoms with van der Waals surface area (Å²) in [6, 6.07) is 12.9. The fourth-order valence-electron chi connectivity index (χ4n) is 2.60. The number of nitro benzene ring substituents is 1. The van der Waals surface area contributed by atoms with Crippen molar-refractivity contribution in [1.29, 1.82) is 0 Å². The van der Waals surface area contributed by atoms with E-state index in [-0.39, 0.29) is 16.7 Å². The molecule has 0 aliphatic carbocycles. The van der Waals surface area contributed by atoms with E-state index in [1.54, 1.807) is 12.1 Å². The van der Waals surface area contributed by atoms with Gasteiger partial charge in [-0.05, 0) is 24.6 Å². The Morgan fingerprint density at radius 2 is 2.10 bits per heavy atom. The standard InChI is InChI=1S/C16H16N2O3/c1-11-6-7-15(18(19)20)14(10-11)17-13-8-9-21-16-5-3-2-4-12(13)16/h2-7,10,13,17H,8-9H2,1H3. The van der Waals surface area contributed by atoms with Crippen LogP contribution in [0.15, 0.2) is 42.5 Å². The molecule has 1 aliphatic rings. The van der Waals surface area contributed by atoms with Crippen molar-refractivity contribution >= 4 is 11.4 Å². The van der Waals surface area contributed by atoms with E-state index in [9.17, 15) is 10.1 Å². The van der Waals surface area contributed by atoms with Crippen LogP contribution in [0.25, 0.3) is 0 Å². The smallest absolute Gasteiger partial charge is 0.292 e. The third kappa shape index (κ3) is 2.67. The molecule has 0 saturated heterocycles. The van der Waals surface area contributed by atoms with Gasteiger partial charge in [0.1, 0.15) is 11.4 Å². The van der Waals surface area contributed by atoms with Crippen molar-refractivity contribution in [2.45, 2.75) is 19.4 Å². The zero-order chi connectivity index (χ0) is 14.8. The molecule has 0 spiro atoms. The van der Waals surface area contributed by atoms with Gasteiger partial charge in [0.25, 0.3) is 5.69 Å². The zero-order valence-electron chi connectivity index (χ0n) is 11.7. The van der Waals surface area contributed by atoms with Gasteiger partial charge in [-0.3, -0.25) is 10.1 Å². The molecule has 3 rings (SSSR count). The molecule has 1 aliphatic heterocycles. The summed E-state index contributed by atoms with van der Waals surface area (Å²) in [5, 5.41) is 14.5. The molecule has 0 aromatic heterocycles. The third-order valence-corrected chi connectivity index (χ3v) is 3.64. The van der Waals surface area contributed by atoms with Crippen LogP contribution in [0.1, 0.15) is 23.6 Å². The lowest BCUT2D eigenvalue weighted by Gasteiger charge is -2.27. The zero-order valence-corrected chi connectivity index (χ0v) is 11.7. The molecule has 5 nitrogen and oxygen atoms in total. The van der Waals surface area contributed by atoms with Gasteiger partial charge < -0.3 is 10.1 Å².